The fraction of sp³-hybridized carbons (Fsp3) is 0.529. The smallest absolute Gasteiger partial charge is 0.318 e. The van der Waals surface area contributed by atoms with Gasteiger partial charge < -0.3 is 15.3 Å². The number of carbonyl (C=O) groups is 2. The third-order valence-electron chi connectivity index (χ3n) is 4.27. The Bertz CT molecular complexity index is 518. The number of urea groups is 1. The van der Waals surface area contributed by atoms with Crippen LogP contribution in [0, 0.1) is 0 Å². The summed E-state index contributed by atoms with van der Waals surface area (Å²) >= 11 is 0. The Morgan fingerprint density at radius 3 is 2.64 bits per heavy atom. The van der Waals surface area contributed by atoms with Gasteiger partial charge in [-0.15, -0.1) is 0 Å². The summed E-state index contributed by atoms with van der Waals surface area (Å²) in [5.74, 6) is -0.00277. The van der Waals surface area contributed by atoms with Crippen LogP contribution in [0.2, 0.25) is 0 Å². The van der Waals surface area contributed by atoms with Crippen molar-refractivity contribution in [2.45, 2.75) is 51.2 Å². The van der Waals surface area contributed by atoms with Crippen LogP contribution in [-0.2, 0) is 4.79 Å². The maximum absolute atomic E-state index is 12.3. The van der Waals surface area contributed by atoms with Crippen molar-refractivity contribution in [1.29, 1.82) is 0 Å². The summed E-state index contributed by atoms with van der Waals surface area (Å²) in [5.41, 5.74) is 0.984. The molecule has 5 heteroatoms. The number of unbranched alkanes of at least 4 members (excludes halogenated alkanes) is 1. The fourth-order valence-corrected chi connectivity index (χ4v) is 2.97. The topological polar surface area (TPSA) is 69.6 Å². The van der Waals surface area contributed by atoms with Gasteiger partial charge in [0, 0.05) is 6.42 Å². The molecule has 2 amide bonds. The fourth-order valence-electron chi connectivity index (χ4n) is 2.97. The van der Waals surface area contributed by atoms with Crippen LogP contribution < -0.4 is 5.32 Å². The third-order valence-corrected chi connectivity index (χ3v) is 4.27. The molecule has 1 fully saturated rings. The highest BCUT2D eigenvalue weighted by molar-refractivity contribution is 5.92. The molecule has 0 bridgehead atoms. The van der Waals surface area contributed by atoms with Crippen LogP contribution in [0.15, 0.2) is 30.3 Å². The predicted octanol–water partition coefficient (Wildman–Crippen LogP) is 2.26. The molecule has 120 valence electrons. The molecule has 22 heavy (non-hydrogen) atoms. The van der Waals surface area contributed by atoms with Gasteiger partial charge in [-0.3, -0.25) is 4.79 Å². The maximum Gasteiger partial charge on any atom is 0.318 e. The predicted molar refractivity (Wildman–Crippen MR) is 84.4 cm³/mol. The van der Waals surface area contributed by atoms with Gasteiger partial charge in [0.15, 0.2) is 5.78 Å². The zero-order chi connectivity index (χ0) is 16.1. The van der Waals surface area contributed by atoms with E-state index in [1.807, 2.05) is 44.2 Å². The minimum absolute atomic E-state index is 0.00277. The second kappa shape index (κ2) is 7.40. The monoisotopic (exact) mass is 304 g/mol. The summed E-state index contributed by atoms with van der Waals surface area (Å²) in [6, 6.07) is 8.03. The lowest BCUT2D eigenvalue weighted by atomic mass is 9.99. The first-order chi connectivity index (χ1) is 10.6. The molecular formula is C17H24N2O3. The number of ketones is 1. The minimum atomic E-state index is -0.616. The van der Waals surface area contributed by atoms with E-state index >= 15 is 0 Å². The highest BCUT2D eigenvalue weighted by Crippen LogP contribution is 2.28. The highest BCUT2D eigenvalue weighted by Gasteiger charge is 2.44. The van der Waals surface area contributed by atoms with E-state index in [0.29, 0.717) is 6.42 Å². The van der Waals surface area contributed by atoms with E-state index in [1.54, 1.807) is 4.90 Å². The molecule has 0 radical (unpaired) electrons. The molecule has 1 heterocycles. The average Bonchev–Trinajstić information content (AvgIpc) is 2.89. The first-order valence-corrected chi connectivity index (χ1v) is 7.87. The van der Waals surface area contributed by atoms with E-state index in [2.05, 4.69) is 5.32 Å². The number of benzene rings is 1. The molecule has 1 aromatic rings. The van der Waals surface area contributed by atoms with E-state index in [4.69, 9.17) is 0 Å². The first kappa shape index (κ1) is 16.5. The van der Waals surface area contributed by atoms with Crippen LogP contribution in [0.3, 0.4) is 0 Å². The summed E-state index contributed by atoms with van der Waals surface area (Å²) in [5, 5.41) is 12.5. The van der Waals surface area contributed by atoms with Gasteiger partial charge in [0.05, 0.1) is 18.7 Å². The SMILES string of the molecule is CCCCC(=O)C1NC(=O)N(C(C)c2ccccc2)C1CO. The molecule has 1 aliphatic heterocycles. The van der Waals surface area contributed by atoms with E-state index < -0.39 is 12.1 Å². The van der Waals surface area contributed by atoms with E-state index in [-0.39, 0.29) is 24.5 Å². The number of nitrogens with one attached hydrogen (secondary N) is 1. The van der Waals surface area contributed by atoms with Crippen LogP contribution in [-0.4, -0.2) is 40.5 Å². The van der Waals surface area contributed by atoms with Crippen LogP contribution in [0.5, 0.6) is 0 Å². The Balaban J connectivity index is 2.17. The highest BCUT2D eigenvalue weighted by atomic mass is 16.3. The number of amides is 2. The molecule has 3 atom stereocenters. The number of carbonyl (C=O) groups excluding carboxylic acids is 2. The zero-order valence-electron chi connectivity index (χ0n) is 13.2. The molecule has 0 aromatic heterocycles. The molecule has 2 N–H and O–H groups in total. The van der Waals surface area contributed by atoms with Gasteiger partial charge in [-0.1, -0.05) is 43.7 Å². The van der Waals surface area contributed by atoms with Crippen molar-refractivity contribution in [2.24, 2.45) is 0 Å². The maximum atomic E-state index is 12.3. The van der Waals surface area contributed by atoms with Crippen molar-refractivity contribution in [3.63, 3.8) is 0 Å². The number of hydrogen-bond acceptors (Lipinski definition) is 3. The van der Waals surface area contributed by atoms with Gasteiger partial charge in [0.2, 0.25) is 0 Å². The van der Waals surface area contributed by atoms with Gasteiger partial charge in [0.1, 0.15) is 6.04 Å². The van der Waals surface area contributed by atoms with E-state index in [1.165, 1.54) is 0 Å². The summed E-state index contributed by atoms with van der Waals surface area (Å²) in [4.78, 5) is 26.2. The molecule has 3 unspecified atom stereocenters. The van der Waals surface area contributed by atoms with Crippen LogP contribution in [0.1, 0.15) is 44.7 Å². The standard InChI is InChI=1S/C17H24N2O3/c1-3-4-10-15(21)16-14(11-20)19(17(22)18-16)12(2)13-8-6-5-7-9-13/h5-9,12,14,16,20H,3-4,10-11H2,1-2H3,(H,18,22). The number of aliphatic hydroxyl groups is 1. The quantitative estimate of drug-likeness (QED) is 0.812. The second-order valence-corrected chi connectivity index (χ2v) is 5.74. The van der Waals surface area contributed by atoms with Gasteiger partial charge in [-0.25, -0.2) is 4.79 Å². The lowest BCUT2D eigenvalue weighted by molar-refractivity contribution is -0.121. The van der Waals surface area contributed by atoms with Crippen molar-refractivity contribution in [3.8, 4) is 0 Å². The molecule has 1 aromatic carbocycles. The lowest BCUT2D eigenvalue weighted by Gasteiger charge is -2.30. The van der Waals surface area contributed by atoms with Gasteiger partial charge in [-0.2, -0.15) is 0 Å². The molecular weight excluding hydrogens is 280 g/mol. The second-order valence-electron chi connectivity index (χ2n) is 5.74. The van der Waals surface area contributed by atoms with Crippen LogP contribution >= 0.6 is 0 Å². The third kappa shape index (κ3) is 3.30. The van der Waals surface area contributed by atoms with Crippen LogP contribution in [0.4, 0.5) is 4.79 Å². The van der Waals surface area contributed by atoms with E-state index in [9.17, 15) is 14.7 Å². The number of nitrogens with zero attached hydrogens (tertiary/aromatic N) is 1. The van der Waals surface area contributed by atoms with Gasteiger partial charge >= 0.3 is 6.03 Å². The Morgan fingerprint density at radius 2 is 2.05 bits per heavy atom. The van der Waals surface area contributed by atoms with Gasteiger partial charge in [-0.05, 0) is 18.9 Å². The molecule has 0 aliphatic carbocycles. The average molecular weight is 304 g/mol. The molecule has 5 nitrogen and oxygen atoms in total. The number of Topliss-reactive ketones (excluding diaryl/α,β-unsaturated/α-hetero) is 1. The van der Waals surface area contributed by atoms with Crippen molar-refractivity contribution in [2.75, 3.05) is 6.61 Å². The number of aliphatic hydroxyl groups excluding tert-OH is 1. The van der Waals surface area contributed by atoms with Crippen molar-refractivity contribution in [3.05, 3.63) is 35.9 Å². The van der Waals surface area contributed by atoms with Crippen molar-refractivity contribution in [1.82, 2.24) is 10.2 Å². The van der Waals surface area contributed by atoms with E-state index in [0.717, 1.165) is 18.4 Å². The van der Waals surface area contributed by atoms with Crippen LogP contribution in [0.25, 0.3) is 0 Å². The van der Waals surface area contributed by atoms with Crippen molar-refractivity contribution >= 4 is 11.8 Å². The zero-order valence-corrected chi connectivity index (χ0v) is 13.2. The molecule has 1 aliphatic rings. The summed E-state index contributed by atoms with van der Waals surface area (Å²) < 4.78 is 0. The molecule has 0 saturated carbocycles. The van der Waals surface area contributed by atoms with Crippen molar-refractivity contribution < 1.29 is 14.7 Å². The Morgan fingerprint density at radius 1 is 1.36 bits per heavy atom. The normalized spacial score (nSPS) is 22.5. The Labute approximate surface area is 131 Å². The lowest BCUT2D eigenvalue weighted by Crippen LogP contribution is -2.44. The molecule has 1 saturated heterocycles. The molecule has 2 rings (SSSR count). The Kier molecular flexibility index (Phi) is 5.55. The summed E-state index contributed by atoms with van der Waals surface area (Å²) in [6.07, 6.45) is 2.17. The summed E-state index contributed by atoms with van der Waals surface area (Å²) in [7, 11) is 0. The Hall–Kier alpha value is -1.88. The summed E-state index contributed by atoms with van der Waals surface area (Å²) in [6.45, 7) is 3.71. The van der Waals surface area contributed by atoms with Gasteiger partial charge in [0.25, 0.3) is 0 Å². The first-order valence-electron chi connectivity index (χ1n) is 7.87. The number of rotatable bonds is 7. The number of hydrogen-bond donors (Lipinski definition) is 2. The largest absolute Gasteiger partial charge is 0.394 e. The molecule has 0 spiro atoms. The minimum Gasteiger partial charge on any atom is -0.394 e.